The first-order chi connectivity index (χ1) is 17.6. The molecule has 3 aromatic carbocycles. The number of nitrogens with one attached hydrogen (secondary N) is 1. The third-order valence-corrected chi connectivity index (χ3v) is 8.09. The predicted octanol–water partition coefficient (Wildman–Crippen LogP) is 4.36. The van der Waals surface area contributed by atoms with Gasteiger partial charge in [-0.2, -0.15) is 0 Å². The number of amides is 2. The van der Waals surface area contributed by atoms with E-state index in [9.17, 15) is 18.0 Å². The molecule has 1 N–H and O–H groups in total. The molecule has 0 aromatic heterocycles. The Labute approximate surface area is 226 Å². The number of hydrogen-bond donors (Lipinski definition) is 1. The van der Waals surface area contributed by atoms with E-state index in [-0.39, 0.29) is 22.9 Å². The van der Waals surface area contributed by atoms with Crippen LogP contribution in [0, 0.1) is 0 Å². The fourth-order valence-corrected chi connectivity index (χ4v) is 5.61. The van der Waals surface area contributed by atoms with Gasteiger partial charge in [0.15, 0.2) is 0 Å². The van der Waals surface area contributed by atoms with Crippen LogP contribution in [0.3, 0.4) is 0 Å². The quantitative estimate of drug-likeness (QED) is 0.395. The van der Waals surface area contributed by atoms with Crippen molar-refractivity contribution in [1.29, 1.82) is 0 Å². The molecule has 0 unspecified atom stereocenters. The van der Waals surface area contributed by atoms with E-state index in [0.717, 1.165) is 4.31 Å². The zero-order chi connectivity index (χ0) is 27.2. The van der Waals surface area contributed by atoms with Gasteiger partial charge < -0.3 is 15.0 Å². The lowest BCUT2D eigenvalue weighted by Crippen LogP contribution is -2.50. The molecule has 3 aromatic rings. The number of ether oxygens (including phenoxy) is 1. The second-order valence-corrected chi connectivity index (χ2v) is 10.8. The first kappa shape index (κ1) is 28.3. The van der Waals surface area contributed by atoms with Gasteiger partial charge >= 0.3 is 0 Å². The molecule has 0 aliphatic heterocycles. The number of hydrogen-bond acceptors (Lipinski definition) is 5. The summed E-state index contributed by atoms with van der Waals surface area (Å²) in [5.74, 6) is -0.776. The fraction of sp³-hybridized carbons (Fsp3) is 0.231. The number of carbonyl (C=O) groups is 2. The Balaban J connectivity index is 2.08. The molecule has 0 bridgehead atoms. The third-order valence-electron chi connectivity index (χ3n) is 5.73. The van der Waals surface area contributed by atoms with Crippen molar-refractivity contribution in [2.24, 2.45) is 0 Å². The maximum absolute atomic E-state index is 13.8. The summed E-state index contributed by atoms with van der Waals surface area (Å²) >= 11 is 12.4. The van der Waals surface area contributed by atoms with Crippen LogP contribution < -0.4 is 14.4 Å². The molecule has 0 spiro atoms. The highest BCUT2D eigenvalue weighted by Gasteiger charge is 2.33. The highest BCUT2D eigenvalue weighted by molar-refractivity contribution is 7.92. The number of rotatable bonds is 10. The van der Waals surface area contributed by atoms with Crippen LogP contribution in [0.4, 0.5) is 5.69 Å². The van der Waals surface area contributed by atoms with Crippen molar-refractivity contribution in [1.82, 2.24) is 10.2 Å². The van der Waals surface area contributed by atoms with E-state index in [1.807, 2.05) is 0 Å². The van der Waals surface area contributed by atoms with Gasteiger partial charge in [-0.25, -0.2) is 8.42 Å². The maximum atomic E-state index is 13.8. The van der Waals surface area contributed by atoms with Crippen molar-refractivity contribution in [3.05, 3.63) is 88.4 Å². The Morgan fingerprint density at radius 1 is 1.00 bits per heavy atom. The zero-order valence-corrected chi connectivity index (χ0v) is 22.8. The average Bonchev–Trinajstić information content (AvgIpc) is 2.90. The number of methoxy groups -OCH3 is 1. The lowest BCUT2D eigenvalue weighted by molar-refractivity contribution is -0.139. The van der Waals surface area contributed by atoms with Crippen molar-refractivity contribution >= 4 is 50.7 Å². The number of sulfonamides is 1. The van der Waals surface area contributed by atoms with Crippen LogP contribution in [0.5, 0.6) is 5.75 Å². The number of benzene rings is 3. The summed E-state index contributed by atoms with van der Waals surface area (Å²) in [5, 5.41) is 3.26. The Morgan fingerprint density at radius 3 is 2.27 bits per heavy atom. The molecule has 37 heavy (non-hydrogen) atoms. The maximum Gasteiger partial charge on any atom is 0.264 e. The van der Waals surface area contributed by atoms with Crippen LogP contribution in [0.25, 0.3) is 0 Å². The summed E-state index contributed by atoms with van der Waals surface area (Å²) in [6.45, 7) is 0.915. The largest absolute Gasteiger partial charge is 0.495 e. The molecular formula is C26H27Cl2N3O5S. The molecular weight excluding hydrogens is 537 g/mol. The van der Waals surface area contributed by atoms with E-state index in [0.29, 0.717) is 15.6 Å². The second kappa shape index (κ2) is 12.3. The van der Waals surface area contributed by atoms with E-state index in [2.05, 4.69) is 5.32 Å². The molecule has 2 amide bonds. The van der Waals surface area contributed by atoms with Crippen molar-refractivity contribution in [3.8, 4) is 5.75 Å². The van der Waals surface area contributed by atoms with E-state index in [1.54, 1.807) is 61.5 Å². The number of halogens is 2. The van der Waals surface area contributed by atoms with Crippen LogP contribution in [-0.2, 0) is 26.2 Å². The molecule has 0 fully saturated rings. The standard InChI is InChI=1S/C26H27Cl2N3O5S/c1-18(26(33)29-2)30(16-19-13-14-20(27)15-22(19)28)25(32)17-31(23-11-7-8-12-24(23)36-3)37(34,35)21-9-5-4-6-10-21/h4-15,18H,16-17H2,1-3H3,(H,29,33)/t18-/m0/s1. The average molecular weight is 564 g/mol. The molecule has 0 aliphatic rings. The van der Waals surface area contributed by atoms with E-state index in [4.69, 9.17) is 27.9 Å². The van der Waals surface area contributed by atoms with E-state index < -0.39 is 34.4 Å². The Bertz CT molecular complexity index is 1370. The Kier molecular flexibility index (Phi) is 9.42. The van der Waals surface area contributed by atoms with E-state index in [1.165, 1.54) is 37.3 Å². The van der Waals surface area contributed by atoms with Gasteiger partial charge in [0.1, 0.15) is 18.3 Å². The molecule has 196 valence electrons. The SMILES string of the molecule is CNC(=O)[C@H](C)N(Cc1ccc(Cl)cc1Cl)C(=O)CN(c1ccccc1OC)S(=O)(=O)c1ccccc1. The molecule has 0 heterocycles. The van der Waals surface area contributed by atoms with Crippen molar-refractivity contribution in [2.75, 3.05) is 25.0 Å². The minimum Gasteiger partial charge on any atom is -0.495 e. The molecule has 3 rings (SSSR count). The van der Waals surface area contributed by atoms with Crippen LogP contribution in [0.15, 0.2) is 77.7 Å². The molecule has 8 nitrogen and oxygen atoms in total. The number of nitrogens with zero attached hydrogens (tertiary/aromatic N) is 2. The topological polar surface area (TPSA) is 96.0 Å². The summed E-state index contributed by atoms with van der Waals surface area (Å²) in [6, 6.07) is 18.2. The summed E-state index contributed by atoms with van der Waals surface area (Å²) in [5.41, 5.74) is 0.726. The van der Waals surface area contributed by atoms with Gasteiger partial charge in [0.05, 0.1) is 17.7 Å². The highest BCUT2D eigenvalue weighted by Crippen LogP contribution is 2.32. The molecule has 0 aliphatic carbocycles. The molecule has 0 saturated heterocycles. The Hall–Kier alpha value is -3.27. The molecule has 0 saturated carbocycles. The molecule has 1 atom stereocenters. The normalized spacial score (nSPS) is 11.9. The summed E-state index contributed by atoms with van der Waals surface area (Å²) in [6.07, 6.45) is 0. The van der Waals surface area contributed by atoms with Gasteiger partial charge in [-0.3, -0.25) is 13.9 Å². The fourth-order valence-electron chi connectivity index (χ4n) is 3.69. The van der Waals surface area contributed by atoms with Gasteiger partial charge in [0.25, 0.3) is 10.0 Å². The smallest absolute Gasteiger partial charge is 0.264 e. The minimum atomic E-state index is -4.19. The van der Waals surface area contributed by atoms with Gasteiger partial charge in [-0.1, -0.05) is 59.6 Å². The minimum absolute atomic E-state index is 0.000325. The van der Waals surface area contributed by atoms with Gasteiger partial charge in [0, 0.05) is 23.6 Å². The second-order valence-electron chi connectivity index (χ2n) is 8.04. The van der Waals surface area contributed by atoms with Crippen LogP contribution in [-0.4, -0.2) is 51.9 Å². The summed E-state index contributed by atoms with van der Waals surface area (Å²) in [4.78, 5) is 27.6. The van der Waals surface area contributed by atoms with Crippen molar-refractivity contribution in [3.63, 3.8) is 0 Å². The number of para-hydroxylation sites is 2. The molecule has 11 heteroatoms. The monoisotopic (exact) mass is 563 g/mol. The lowest BCUT2D eigenvalue weighted by atomic mass is 10.1. The number of likely N-dealkylation sites (N-methyl/N-ethyl adjacent to an activating group) is 1. The number of anilines is 1. The first-order valence-corrected chi connectivity index (χ1v) is 13.5. The van der Waals surface area contributed by atoms with Crippen LogP contribution >= 0.6 is 23.2 Å². The number of carbonyl (C=O) groups excluding carboxylic acids is 2. The highest BCUT2D eigenvalue weighted by atomic mass is 35.5. The van der Waals surface area contributed by atoms with Gasteiger partial charge in [0.2, 0.25) is 11.8 Å². The first-order valence-electron chi connectivity index (χ1n) is 11.3. The van der Waals surface area contributed by atoms with Crippen LogP contribution in [0.2, 0.25) is 10.0 Å². The van der Waals surface area contributed by atoms with Crippen LogP contribution in [0.1, 0.15) is 12.5 Å². The summed E-state index contributed by atoms with van der Waals surface area (Å²) in [7, 11) is -1.32. The van der Waals surface area contributed by atoms with Crippen molar-refractivity contribution < 1.29 is 22.7 Å². The summed E-state index contributed by atoms with van der Waals surface area (Å²) < 4.78 is 33.9. The lowest BCUT2D eigenvalue weighted by Gasteiger charge is -2.32. The van der Waals surface area contributed by atoms with Gasteiger partial charge in [-0.05, 0) is 48.9 Å². The van der Waals surface area contributed by atoms with Gasteiger partial charge in [-0.15, -0.1) is 0 Å². The Morgan fingerprint density at radius 2 is 1.65 bits per heavy atom. The van der Waals surface area contributed by atoms with Crippen molar-refractivity contribution in [2.45, 2.75) is 24.4 Å². The third kappa shape index (κ3) is 6.54. The zero-order valence-electron chi connectivity index (χ0n) is 20.5. The molecule has 0 radical (unpaired) electrons. The predicted molar refractivity (Wildman–Crippen MR) is 145 cm³/mol. The van der Waals surface area contributed by atoms with E-state index >= 15 is 0 Å².